The first-order chi connectivity index (χ1) is 13.3. The van der Waals surface area contributed by atoms with Crippen LogP contribution in [0.25, 0.3) is 0 Å². The van der Waals surface area contributed by atoms with Crippen molar-refractivity contribution in [1.82, 2.24) is 5.32 Å². The highest BCUT2D eigenvalue weighted by molar-refractivity contribution is 5.81. The number of ether oxygens (including phenoxy) is 4. The van der Waals surface area contributed by atoms with Gasteiger partial charge in [-0.25, -0.2) is 0 Å². The maximum atomic E-state index is 12.4. The summed E-state index contributed by atoms with van der Waals surface area (Å²) in [7, 11) is 0. The molecule has 6 heteroatoms. The van der Waals surface area contributed by atoms with Crippen LogP contribution in [0.3, 0.4) is 0 Å². The van der Waals surface area contributed by atoms with E-state index in [1.165, 1.54) is 0 Å². The van der Waals surface area contributed by atoms with Crippen molar-refractivity contribution in [3.05, 3.63) is 59.7 Å². The van der Waals surface area contributed by atoms with Gasteiger partial charge in [-0.05, 0) is 30.2 Å². The Hall–Kier alpha value is -2.57. The molecule has 0 spiro atoms. The molecule has 0 aromatic heterocycles. The number of rotatable bonds is 9. The Kier molecular flexibility index (Phi) is 7.07. The smallest absolute Gasteiger partial charge is 0.264 e. The molecule has 0 bridgehead atoms. The molecule has 1 heterocycles. The lowest BCUT2D eigenvalue weighted by Crippen LogP contribution is -2.43. The predicted octanol–water partition coefficient (Wildman–Crippen LogP) is 2.70. The van der Waals surface area contributed by atoms with Crippen LogP contribution in [0.5, 0.6) is 11.5 Å². The largest absolute Gasteiger partial charge is 0.485 e. The predicted molar refractivity (Wildman–Crippen MR) is 101 cm³/mol. The molecule has 1 unspecified atom stereocenters. The molecule has 0 aliphatic carbocycles. The number of fused-ring (bicyclic) bond motifs is 1. The first-order valence-corrected chi connectivity index (χ1v) is 9.15. The van der Waals surface area contributed by atoms with Crippen molar-refractivity contribution in [1.29, 1.82) is 0 Å². The van der Waals surface area contributed by atoms with Gasteiger partial charge in [0.25, 0.3) is 5.91 Å². The van der Waals surface area contributed by atoms with Crippen LogP contribution >= 0.6 is 0 Å². The molecule has 3 rings (SSSR count). The summed E-state index contributed by atoms with van der Waals surface area (Å²) in [5.41, 5.74) is 2.07. The minimum absolute atomic E-state index is 0.192. The Balaban J connectivity index is 1.46. The van der Waals surface area contributed by atoms with Gasteiger partial charge in [-0.15, -0.1) is 0 Å². The Labute approximate surface area is 159 Å². The number of hydrogen-bond donors (Lipinski definition) is 1. The molecular formula is C21H25NO5. The van der Waals surface area contributed by atoms with E-state index in [0.717, 1.165) is 11.1 Å². The standard InChI is InChI=1S/C21H25NO5/c1-2-24-10-11-25-14-17-7-5-6-16(12-17)13-22-21(23)20-15-26-18-8-3-4-9-19(18)27-20/h3-9,12,20H,2,10-11,13-15H2,1H3,(H,22,23). The zero-order chi connectivity index (χ0) is 18.9. The summed E-state index contributed by atoms with van der Waals surface area (Å²) in [4.78, 5) is 12.4. The van der Waals surface area contributed by atoms with Crippen molar-refractivity contribution in [3.8, 4) is 11.5 Å². The molecule has 0 fully saturated rings. The molecule has 1 aliphatic heterocycles. The highest BCUT2D eigenvalue weighted by Crippen LogP contribution is 2.30. The minimum Gasteiger partial charge on any atom is -0.485 e. The van der Waals surface area contributed by atoms with Crippen LogP contribution in [-0.2, 0) is 27.4 Å². The van der Waals surface area contributed by atoms with Crippen LogP contribution in [0.15, 0.2) is 48.5 Å². The Morgan fingerprint density at radius 3 is 2.70 bits per heavy atom. The topological polar surface area (TPSA) is 66.0 Å². The van der Waals surface area contributed by atoms with E-state index in [4.69, 9.17) is 18.9 Å². The lowest BCUT2D eigenvalue weighted by atomic mass is 10.1. The molecular weight excluding hydrogens is 346 g/mol. The third-order valence-electron chi connectivity index (χ3n) is 4.10. The van der Waals surface area contributed by atoms with Crippen molar-refractivity contribution in [2.45, 2.75) is 26.2 Å². The Bertz CT molecular complexity index is 749. The molecule has 2 aromatic rings. The maximum absolute atomic E-state index is 12.4. The lowest BCUT2D eigenvalue weighted by Gasteiger charge is -2.25. The first kappa shape index (κ1) is 19.2. The number of nitrogens with one attached hydrogen (secondary N) is 1. The van der Waals surface area contributed by atoms with E-state index in [2.05, 4.69) is 5.32 Å². The third kappa shape index (κ3) is 5.70. The molecule has 0 saturated heterocycles. The van der Waals surface area contributed by atoms with Crippen LogP contribution in [0.4, 0.5) is 0 Å². The monoisotopic (exact) mass is 371 g/mol. The molecule has 0 radical (unpaired) electrons. The number of hydrogen-bond acceptors (Lipinski definition) is 5. The van der Waals surface area contributed by atoms with E-state index in [0.29, 0.717) is 44.5 Å². The Morgan fingerprint density at radius 2 is 1.85 bits per heavy atom. The van der Waals surface area contributed by atoms with Gasteiger partial charge >= 0.3 is 0 Å². The van der Waals surface area contributed by atoms with E-state index in [9.17, 15) is 4.79 Å². The highest BCUT2D eigenvalue weighted by atomic mass is 16.6. The SMILES string of the molecule is CCOCCOCc1cccc(CNC(=O)C2COc3ccccc3O2)c1. The van der Waals surface area contributed by atoms with Crippen LogP contribution in [0.1, 0.15) is 18.1 Å². The summed E-state index contributed by atoms with van der Waals surface area (Å²) in [6, 6.07) is 15.3. The van der Waals surface area contributed by atoms with Crippen LogP contribution in [-0.4, -0.2) is 38.4 Å². The Morgan fingerprint density at radius 1 is 1.07 bits per heavy atom. The van der Waals surface area contributed by atoms with E-state index in [1.54, 1.807) is 6.07 Å². The van der Waals surface area contributed by atoms with Crippen molar-refractivity contribution in [2.24, 2.45) is 0 Å². The third-order valence-corrected chi connectivity index (χ3v) is 4.10. The summed E-state index contributed by atoms with van der Waals surface area (Å²) >= 11 is 0. The van der Waals surface area contributed by atoms with Gasteiger partial charge in [0.05, 0.1) is 19.8 Å². The molecule has 0 saturated carbocycles. The minimum atomic E-state index is -0.648. The van der Waals surface area contributed by atoms with E-state index in [1.807, 2.05) is 49.4 Å². The molecule has 1 amide bonds. The average molecular weight is 371 g/mol. The quantitative estimate of drug-likeness (QED) is 0.687. The summed E-state index contributed by atoms with van der Waals surface area (Å²) in [6.07, 6.45) is -0.648. The van der Waals surface area contributed by atoms with Gasteiger partial charge in [0.1, 0.15) is 6.61 Å². The number of benzene rings is 2. The van der Waals surface area contributed by atoms with Crippen molar-refractivity contribution < 1.29 is 23.7 Å². The van der Waals surface area contributed by atoms with E-state index >= 15 is 0 Å². The molecule has 1 N–H and O–H groups in total. The van der Waals surface area contributed by atoms with E-state index < -0.39 is 6.10 Å². The number of amides is 1. The van der Waals surface area contributed by atoms with Crippen molar-refractivity contribution in [3.63, 3.8) is 0 Å². The van der Waals surface area contributed by atoms with Gasteiger partial charge in [-0.3, -0.25) is 4.79 Å². The zero-order valence-corrected chi connectivity index (χ0v) is 15.5. The zero-order valence-electron chi connectivity index (χ0n) is 15.5. The van der Waals surface area contributed by atoms with Crippen molar-refractivity contribution in [2.75, 3.05) is 26.4 Å². The highest BCUT2D eigenvalue weighted by Gasteiger charge is 2.26. The summed E-state index contributed by atoms with van der Waals surface area (Å²) in [5.74, 6) is 1.07. The second-order valence-electron chi connectivity index (χ2n) is 6.15. The molecule has 1 aliphatic rings. The fourth-order valence-electron chi connectivity index (χ4n) is 2.73. The summed E-state index contributed by atoms with van der Waals surface area (Å²) in [5, 5.41) is 2.91. The number of para-hydroxylation sites is 2. The summed E-state index contributed by atoms with van der Waals surface area (Å²) < 4.78 is 22.1. The van der Waals surface area contributed by atoms with Gasteiger partial charge < -0.3 is 24.3 Å². The second-order valence-corrected chi connectivity index (χ2v) is 6.15. The second kappa shape index (κ2) is 9.94. The first-order valence-electron chi connectivity index (χ1n) is 9.15. The fourth-order valence-corrected chi connectivity index (χ4v) is 2.73. The van der Waals surface area contributed by atoms with E-state index in [-0.39, 0.29) is 12.5 Å². The van der Waals surface area contributed by atoms with Gasteiger partial charge in [0, 0.05) is 13.2 Å². The van der Waals surface area contributed by atoms with Crippen LogP contribution < -0.4 is 14.8 Å². The van der Waals surface area contributed by atoms with Gasteiger partial charge in [0.15, 0.2) is 11.5 Å². The molecule has 1 atom stereocenters. The van der Waals surface area contributed by atoms with Crippen LogP contribution in [0.2, 0.25) is 0 Å². The molecule has 144 valence electrons. The lowest BCUT2D eigenvalue weighted by molar-refractivity contribution is -0.130. The fraction of sp³-hybridized carbons (Fsp3) is 0.381. The summed E-state index contributed by atoms with van der Waals surface area (Å²) in [6.45, 7) is 4.96. The van der Waals surface area contributed by atoms with Gasteiger partial charge in [-0.1, -0.05) is 36.4 Å². The molecule has 2 aromatic carbocycles. The number of carbonyl (C=O) groups is 1. The van der Waals surface area contributed by atoms with Gasteiger partial charge in [0.2, 0.25) is 6.10 Å². The maximum Gasteiger partial charge on any atom is 0.264 e. The van der Waals surface area contributed by atoms with Gasteiger partial charge in [-0.2, -0.15) is 0 Å². The number of carbonyl (C=O) groups excluding carboxylic acids is 1. The normalized spacial score (nSPS) is 15.4. The van der Waals surface area contributed by atoms with Crippen LogP contribution in [0, 0.1) is 0 Å². The molecule has 6 nitrogen and oxygen atoms in total. The molecule has 27 heavy (non-hydrogen) atoms. The van der Waals surface area contributed by atoms with Crippen molar-refractivity contribution >= 4 is 5.91 Å². The average Bonchev–Trinajstić information content (AvgIpc) is 2.72.